The third kappa shape index (κ3) is 3.68. The van der Waals surface area contributed by atoms with Crippen LogP contribution in [0.2, 0.25) is 0 Å². The normalized spacial score (nSPS) is 32.3. The number of benzene rings is 2. The second-order valence-electron chi connectivity index (χ2n) is 11.1. The monoisotopic (exact) mass is 520 g/mol. The van der Waals surface area contributed by atoms with E-state index in [2.05, 4.69) is 5.32 Å². The number of anilines is 1. The van der Waals surface area contributed by atoms with E-state index in [1.54, 1.807) is 6.92 Å². The molecule has 2 aromatic carbocycles. The number of aliphatic hydroxyl groups is 1. The molecule has 202 valence electrons. The van der Waals surface area contributed by atoms with Crippen LogP contribution in [0.15, 0.2) is 48.5 Å². The average Bonchev–Trinajstić information content (AvgIpc) is 3.40. The van der Waals surface area contributed by atoms with Gasteiger partial charge in [-0.25, -0.2) is 0 Å². The van der Waals surface area contributed by atoms with Crippen LogP contribution >= 0.6 is 0 Å². The Morgan fingerprint density at radius 3 is 2.42 bits per heavy atom. The van der Waals surface area contributed by atoms with Crippen molar-refractivity contribution in [1.29, 1.82) is 0 Å². The Bertz CT molecular complexity index is 1240. The standard InChI is InChI=1S/C30H36N2O6/c1-6-37-28(36)23-22-27(35)32(21(16-33)20-13-8-7-9-14-20)25(30(22)15-19(4)29(23,5)38-30)26(34)31-24-17(2)11-10-12-18(24)3/h7-14,19,21-23,25,33H,6,15-16H2,1-5H3,(H,31,34)/t19?,21-,22+,23-,25?,29+,30?/m1/s1. The molecule has 3 aliphatic heterocycles. The summed E-state index contributed by atoms with van der Waals surface area (Å²) >= 11 is 0. The van der Waals surface area contributed by atoms with Crippen molar-refractivity contribution in [3.63, 3.8) is 0 Å². The zero-order valence-corrected chi connectivity index (χ0v) is 22.6. The van der Waals surface area contributed by atoms with Crippen LogP contribution in [0.25, 0.3) is 0 Å². The number of esters is 1. The summed E-state index contributed by atoms with van der Waals surface area (Å²) in [5.74, 6) is -3.10. The number of hydrogen-bond acceptors (Lipinski definition) is 6. The molecule has 0 aromatic heterocycles. The topological polar surface area (TPSA) is 105 Å². The lowest BCUT2D eigenvalue weighted by Gasteiger charge is -2.37. The number of nitrogens with one attached hydrogen (secondary N) is 1. The minimum Gasteiger partial charge on any atom is -0.466 e. The number of para-hydroxylation sites is 1. The van der Waals surface area contributed by atoms with Crippen molar-refractivity contribution in [3.05, 3.63) is 65.2 Å². The minimum atomic E-state index is -1.23. The molecule has 3 aliphatic rings. The predicted molar refractivity (Wildman–Crippen MR) is 141 cm³/mol. The highest BCUT2D eigenvalue weighted by Crippen LogP contribution is 2.66. The van der Waals surface area contributed by atoms with E-state index in [1.165, 1.54) is 4.90 Å². The fraction of sp³-hybridized carbons (Fsp3) is 0.500. The van der Waals surface area contributed by atoms with Crippen LogP contribution in [0.3, 0.4) is 0 Å². The molecule has 8 nitrogen and oxygen atoms in total. The molecule has 7 atom stereocenters. The summed E-state index contributed by atoms with van der Waals surface area (Å²) in [6.07, 6.45) is 0.435. The lowest BCUT2D eigenvalue weighted by Crippen LogP contribution is -2.54. The molecule has 8 heteroatoms. The van der Waals surface area contributed by atoms with E-state index >= 15 is 0 Å². The van der Waals surface area contributed by atoms with Gasteiger partial charge in [-0.3, -0.25) is 14.4 Å². The summed E-state index contributed by atoms with van der Waals surface area (Å²) in [7, 11) is 0. The van der Waals surface area contributed by atoms with Gasteiger partial charge in [0.2, 0.25) is 11.8 Å². The van der Waals surface area contributed by atoms with Crippen molar-refractivity contribution in [2.24, 2.45) is 17.8 Å². The molecule has 3 saturated heterocycles. The van der Waals surface area contributed by atoms with E-state index in [9.17, 15) is 19.5 Å². The fourth-order valence-corrected chi connectivity index (χ4v) is 7.14. The number of rotatable bonds is 7. The third-order valence-corrected chi connectivity index (χ3v) is 8.96. The maximum Gasteiger partial charge on any atom is 0.312 e. The van der Waals surface area contributed by atoms with Crippen molar-refractivity contribution < 1.29 is 29.0 Å². The molecule has 2 amide bonds. The lowest BCUT2D eigenvalue weighted by atomic mass is 9.62. The quantitative estimate of drug-likeness (QED) is 0.541. The number of amides is 2. The molecule has 2 bridgehead atoms. The number of nitrogens with zero attached hydrogens (tertiary/aromatic N) is 1. The molecular formula is C30H36N2O6. The smallest absolute Gasteiger partial charge is 0.312 e. The molecule has 3 heterocycles. The second-order valence-corrected chi connectivity index (χ2v) is 11.1. The SMILES string of the molecule is CCOC(=O)[C@H]1[C@H]2C(=O)N([C@H](CO)c3ccccc3)C(C(=O)Nc3c(C)cccc3C)C23CC(C)[C@]1(C)O3. The second kappa shape index (κ2) is 9.50. The lowest BCUT2D eigenvalue weighted by molar-refractivity contribution is -0.162. The van der Waals surface area contributed by atoms with Gasteiger partial charge in [0.25, 0.3) is 0 Å². The van der Waals surface area contributed by atoms with Gasteiger partial charge in [-0.15, -0.1) is 0 Å². The molecule has 3 unspecified atom stereocenters. The number of hydrogen-bond donors (Lipinski definition) is 2. The van der Waals surface area contributed by atoms with Gasteiger partial charge in [0, 0.05) is 5.69 Å². The highest BCUT2D eigenvalue weighted by atomic mass is 16.6. The van der Waals surface area contributed by atoms with Gasteiger partial charge in [-0.05, 0) is 56.7 Å². The van der Waals surface area contributed by atoms with Gasteiger partial charge >= 0.3 is 5.97 Å². The van der Waals surface area contributed by atoms with Gasteiger partial charge in [-0.1, -0.05) is 55.5 Å². The Kier molecular flexibility index (Phi) is 6.60. The number of carbonyl (C=O) groups excluding carboxylic acids is 3. The molecular weight excluding hydrogens is 484 g/mol. The zero-order valence-electron chi connectivity index (χ0n) is 22.6. The first-order valence-electron chi connectivity index (χ1n) is 13.3. The summed E-state index contributed by atoms with van der Waals surface area (Å²) in [5, 5.41) is 13.6. The van der Waals surface area contributed by atoms with Gasteiger partial charge in [0.1, 0.15) is 17.6 Å². The van der Waals surface area contributed by atoms with E-state index in [0.29, 0.717) is 17.7 Å². The minimum absolute atomic E-state index is 0.0966. The molecule has 2 aromatic rings. The Balaban J connectivity index is 1.66. The van der Waals surface area contributed by atoms with Crippen LogP contribution in [0.5, 0.6) is 0 Å². The van der Waals surface area contributed by atoms with E-state index < -0.39 is 47.0 Å². The number of aliphatic hydroxyl groups excluding tert-OH is 1. The average molecular weight is 521 g/mol. The molecule has 5 rings (SSSR count). The van der Waals surface area contributed by atoms with Crippen LogP contribution < -0.4 is 5.32 Å². The van der Waals surface area contributed by atoms with Crippen LogP contribution in [0.1, 0.15) is 49.9 Å². The van der Waals surface area contributed by atoms with Crippen LogP contribution in [0.4, 0.5) is 5.69 Å². The largest absolute Gasteiger partial charge is 0.466 e. The van der Waals surface area contributed by atoms with E-state index in [-0.39, 0.29) is 25.0 Å². The molecule has 0 saturated carbocycles. The van der Waals surface area contributed by atoms with Crippen molar-refractivity contribution >= 4 is 23.5 Å². The molecule has 2 N–H and O–H groups in total. The summed E-state index contributed by atoms with van der Waals surface area (Å²) in [5.41, 5.74) is 0.991. The molecule has 0 radical (unpaired) electrons. The maximum atomic E-state index is 14.4. The van der Waals surface area contributed by atoms with Crippen molar-refractivity contribution in [1.82, 2.24) is 4.90 Å². The molecule has 38 heavy (non-hydrogen) atoms. The highest BCUT2D eigenvalue weighted by Gasteiger charge is 2.80. The van der Waals surface area contributed by atoms with Gasteiger partial charge in [0.05, 0.1) is 30.8 Å². The Morgan fingerprint density at radius 2 is 1.82 bits per heavy atom. The number of carbonyl (C=O) groups is 3. The first kappa shape index (κ1) is 26.4. The van der Waals surface area contributed by atoms with Crippen molar-refractivity contribution in [2.75, 3.05) is 18.5 Å². The molecule has 3 fully saturated rings. The van der Waals surface area contributed by atoms with Crippen LogP contribution in [-0.2, 0) is 23.9 Å². The fourth-order valence-electron chi connectivity index (χ4n) is 7.14. The van der Waals surface area contributed by atoms with E-state index in [0.717, 1.165) is 11.1 Å². The van der Waals surface area contributed by atoms with Gasteiger partial charge in [-0.2, -0.15) is 0 Å². The third-order valence-electron chi connectivity index (χ3n) is 8.96. The predicted octanol–water partition coefficient (Wildman–Crippen LogP) is 3.55. The first-order chi connectivity index (χ1) is 18.1. The van der Waals surface area contributed by atoms with E-state index in [1.807, 2.05) is 76.2 Å². The summed E-state index contributed by atoms with van der Waals surface area (Å²) < 4.78 is 12.2. The Hall–Kier alpha value is -3.23. The summed E-state index contributed by atoms with van der Waals surface area (Å²) in [4.78, 5) is 43.4. The van der Waals surface area contributed by atoms with Crippen molar-refractivity contribution in [2.45, 2.75) is 64.3 Å². The highest BCUT2D eigenvalue weighted by molar-refractivity contribution is 6.04. The zero-order chi connectivity index (χ0) is 27.4. The van der Waals surface area contributed by atoms with E-state index in [4.69, 9.17) is 9.47 Å². The van der Waals surface area contributed by atoms with Crippen LogP contribution in [0, 0.1) is 31.6 Å². The number of likely N-dealkylation sites (tertiary alicyclic amines) is 1. The maximum absolute atomic E-state index is 14.4. The van der Waals surface area contributed by atoms with Crippen molar-refractivity contribution in [3.8, 4) is 0 Å². The number of ether oxygens (including phenoxy) is 2. The number of fused-ring (bicyclic) bond motifs is 1. The Morgan fingerprint density at radius 1 is 1.16 bits per heavy atom. The molecule has 1 spiro atoms. The van der Waals surface area contributed by atoms with Gasteiger partial charge in [0.15, 0.2) is 0 Å². The summed E-state index contributed by atoms with van der Waals surface area (Å²) in [6, 6.07) is 13.1. The number of aryl methyl sites for hydroxylation is 2. The summed E-state index contributed by atoms with van der Waals surface area (Å²) in [6.45, 7) is 9.20. The van der Waals surface area contributed by atoms with Gasteiger partial charge < -0.3 is 24.8 Å². The molecule has 0 aliphatic carbocycles. The van der Waals surface area contributed by atoms with Crippen LogP contribution in [-0.4, -0.2) is 58.2 Å². The first-order valence-corrected chi connectivity index (χ1v) is 13.3. The Labute approximate surface area is 223 Å².